The molecule has 1 aliphatic heterocycles. The van der Waals surface area contributed by atoms with Gasteiger partial charge in [0, 0.05) is 11.6 Å². The molecule has 2 aliphatic rings. The first kappa shape index (κ1) is 15.3. The van der Waals surface area contributed by atoms with E-state index in [0.717, 1.165) is 25.9 Å². The lowest BCUT2D eigenvalue weighted by atomic mass is 9.83. The van der Waals surface area contributed by atoms with Gasteiger partial charge in [-0.25, -0.2) is 4.39 Å². The van der Waals surface area contributed by atoms with E-state index in [1.807, 2.05) is 12.1 Å². The van der Waals surface area contributed by atoms with Gasteiger partial charge in [-0.3, -0.25) is 4.90 Å². The van der Waals surface area contributed by atoms with Crippen LogP contribution in [0.5, 0.6) is 0 Å². The van der Waals surface area contributed by atoms with E-state index in [0.29, 0.717) is 12.0 Å². The topological polar surface area (TPSA) is 29.3 Å². The van der Waals surface area contributed by atoms with Crippen molar-refractivity contribution in [1.82, 2.24) is 4.90 Å². The van der Waals surface area contributed by atoms with Crippen molar-refractivity contribution in [2.45, 2.75) is 56.5 Å². The minimum atomic E-state index is -0.302. The molecule has 0 bridgehead atoms. The number of nitrogens with zero attached hydrogens (tertiary/aromatic N) is 1. The first-order valence-electron chi connectivity index (χ1n) is 8.07. The Kier molecular flexibility index (Phi) is 4.53. The molecule has 2 fully saturated rings. The molecule has 1 saturated carbocycles. The van der Waals surface area contributed by atoms with Gasteiger partial charge >= 0.3 is 0 Å². The van der Waals surface area contributed by atoms with Crippen LogP contribution < -0.4 is 5.73 Å². The maximum Gasteiger partial charge on any atom is 0.145 e. The van der Waals surface area contributed by atoms with E-state index in [1.54, 1.807) is 6.07 Å². The summed E-state index contributed by atoms with van der Waals surface area (Å²) in [6, 6.07) is 5.20. The van der Waals surface area contributed by atoms with E-state index < -0.39 is 0 Å². The van der Waals surface area contributed by atoms with Crippen molar-refractivity contribution in [2.75, 3.05) is 13.1 Å². The van der Waals surface area contributed by atoms with Gasteiger partial charge < -0.3 is 5.73 Å². The summed E-state index contributed by atoms with van der Waals surface area (Å²) in [6.07, 6.45) is 7.88. The molecule has 1 aromatic carbocycles. The lowest BCUT2D eigenvalue weighted by Gasteiger charge is -2.43. The SMILES string of the molecule is NC(Cc1cccc(Cl)c1F)C1(N2CCCC2)CCCC1. The third kappa shape index (κ3) is 2.84. The lowest BCUT2D eigenvalue weighted by Crippen LogP contribution is -2.58. The molecular formula is C17H24ClFN2. The van der Waals surface area contributed by atoms with Gasteiger partial charge in [0.2, 0.25) is 0 Å². The predicted molar refractivity (Wildman–Crippen MR) is 85.1 cm³/mol. The largest absolute Gasteiger partial charge is 0.326 e. The van der Waals surface area contributed by atoms with Crippen molar-refractivity contribution in [3.63, 3.8) is 0 Å². The summed E-state index contributed by atoms with van der Waals surface area (Å²) >= 11 is 5.89. The average molecular weight is 311 g/mol. The van der Waals surface area contributed by atoms with Crippen LogP contribution in [0.3, 0.4) is 0 Å². The molecule has 1 heterocycles. The number of benzene rings is 1. The second kappa shape index (κ2) is 6.23. The monoisotopic (exact) mass is 310 g/mol. The number of likely N-dealkylation sites (tertiary alicyclic amines) is 1. The Morgan fingerprint density at radius 2 is 1.86 bits per heavy atom. The molecular weight excluding hydrogens is 287 g/mol. The van der Waals surface area contributed by atoms with Crippen molar-refractivity contribution >= 4 is 11.6 Å². The summed E-state index contributed by atoms with van der Waals surface area (Å²) in [5.74, 6) is -0.302. The van der Waals surface area contributed by atoms with Crippen LogP contribution in [0.25, 0.3) is 0 Å². The van der Waals surface area contributed by atoms with E-state index in [-0.39, 0.29) is 22.4 Å². The number of rotatable bonds is 4. The average Bonchev–Trinajstić information content (AvgIpc) is 3.14. The molecule has 2 N–H and O–H groups in total. The molecule has 1 saturated heterocycles. The summed E-state index contributed by atoms with van der Waals surface area (Å²) in [7, 11) is 0. The minimum absolute atomic E-state index is 0.0222. The summed E-state index contributed by atoms with van der Waals surface area (Å²) < 4.78 is 14.1. The Morgan fingerprint density at radius 3 is 2.52 bits per heavy atom. The molecule has 1 aromatic rings. The molecule has 4 heteroatoms. The second-order valence-electron chi connectivity index (χ2n) is 6.53. The zero-order valence-corrected chi connectivity index (χ0v) is 13.2. The Bertz CT molecular complexity index is 494. The second-order valence-corrected chi connectivity index (χ2v) is 6.94. The zero-order chi connectivity index (χ0) is 14.9. The van der Waals surface area contributed by atoms with Crippen LogP contribution >= 0.6 is 11.6 Å². The molecule has 1 unspecified atom stereocenters. The molecule has 116 valence electrons. The number of halogens is 2. The molecule has 0 amide bonds. The Morgan fingerprint density at radius 1 is 1.19 bits per heavy atom. The van der Waals surface area contributed by atoms with Crippen LogP contribution in [0, 0.1) is 5.82 Å². The van der Waals surface area contributed by atoms with Crippen LogP contribution in [0.1, 0.15) is 44.1 Å². The molecule has 0 radical (unpaired) electrons. The highest BCUT2D eigenvalue weighted by molar-refractivity contribution is 6.30. The first-order valence-corrected chi connectivity index (χ1v) is 8.45. The molecule has 1 aliphatic carbocycles. The smallest absolute Gasteiger partial charge is 0.145 e. The lowest BCUT2D eigenvalue weighted by molar-refractivity contribution is 0.0918. The van der Waals surface area contributed by atoms with Crippen LogP contribution in [0.2, 0.25) is 5.02 Å². The Labute approximate surface area is 131 Å². The summed E-state index contributed by atoms with van der Waals surface area (Å²) in [5.41, 5.74) is 7.32. The summed E-state index contributed by atoms with van der Waals surface area (Å²) in [6.45, 7) is 2.29. The number of nitrogens with two attached hydrogens (primary N) is 1. The van der Waals surface area contributed by atoms with Gasteiger partial charge in [0.1, 0.15) is 5.82 Å². The molecule has 0 aromatic heterocycles. The van der Waals surface area contributed by atoms with Gasteiger partial charge in [0.15, 0.2) is 0 Å². The molecule has 2 nitrogen and oxygen atoms in total. The van der Waals surface area contributed by atoms with E-state index >= 15 is 0 Å². The molecule has 1 atom stereocenters. The van der Waals surface area contributed by atoms with Crippen molar-refractivity contribution in [3.8, 4) is 0 Å². The minimum Gasteiger partial charge on any atom is -0.326 e. The van der Waals surface area contributed by atoms with Gasteiger partial charge in [-0.2, -0.15) is 0 Å². The van der Waals surface area contributed by atoms with Crippen molar-refractivity contribution in [3.05, 3.63) is 34.6 Å². The maximum atomic E-state index is 14.1. The van der Waals surface area contributed by atoms with E-state index in [1.165, 1.54) is 25.7 Å². The van der Waals surface area contributed by atoms with Crippen molar-refractivity contribution in [2.24, 2.45) is 5.73 Å². The highest BCUT2D eigenvalue weighted by Crippen LogP contribution is 2.40. The fourth-order valence-corrected chi connectivity index (χ4v) is 4.40. The number of hydrogen-bond acceptors (Lipinski definition) is 2. The van der Waals surface area contributed by atoms with Crippen molar-refractivity contribution < 1.29 is 4.39 Å². The van der Waals surface area contributed by atoms with Crippen LogP contribution in [-0.2, 0) is 6.42 Å². The summed E-state index contributed by atoms with van der Waals surface area (Å²) in [4.78, 5) is 2.58. The van der Waals surface area contributed by atoms with E-state index in [4.69, 9.17) is 17.3 Å². The van der Waals surface area contributed by atoms with Crippen molar-refractivity contribution in [1.29, 1.82) is 0 Å². The molecule has 21 heavy (non-hydrogen) atoms. The fourth-order valence-electron chi connectivity index (χ4n) is 4.20. The molecule has 3 rings (SSSR count). The highest BCUT2D eigenvalue weighted by atomic mass is 35.5. The van der Waals surface area contributed by atoms with Gasteiger partial charge in [-0.15, -0.1) is 0 Å². The Balaban J connectivity index is 1.81. The van der Waals surface area contributed by atoms with Gasteiger partial charge in [0.05, 0.1) is 5.02 Å². The van der Waals surface area contributed by atoms with Crippen LogP contribution in [0.15, 0.2) is 18.2 Å². The van der Waals surface area contributed by atoms with E-state index in [9.17, 15) is 4.39 Å². The number of hydrogen-bond donors (Lipinski definition) is 1. The highest BCUT2D eigenvalue weighted by Gasteiger charge is 2.45. The third-order valence-electron chi connectivity index (χ3n) is 5.37. The third-order valence-corrected chi connectivity index (χ3v) is 5.66. The first-order chi connectivity index (χ1) is 10.1. The molecule has 0 spiro atoms. The fraction of sp³-hybridized carbons (Fsp3) is 0.647. The van der Waals surface area contributed by atoms with Gasteiger partial charge in [-0.05, 0) is 56.8 Å². The normalized spacial score (nSPS) is 23.6. The standard InChI is InChI=1S/C17H24ClFN2/c18-14-7-5-6-13(16(14)19)12-15(20)17(8-1-2-9-17)21-10-3-4-11-21/h5-7,15H,1-4,8-12,20H2. The zero-order valence-electron chi connectivity index (χ0n) is 12.5. The van der Waals surface area contributed by atoms with Crippen LogP contribution in [0.4, 0.5) is 4.39 Å². The van der Waals surface area contributed by atoms with Gasteiger partial charge in [-0.1, -0.05) is 36.6 Å². The van der Waals surface area contributed by atoms with Gasteiger partial charge in [0.25, 0.3) is 0 Å². The summed E-state index contributed by atoms with van der Waals surface area (Å²) in [5, 5.41) is 0.196. The predicted octanol–water partition coefficient (Wildman–Crippen LogP) is 3.76. The van der Waals surface area contributed by atoms with E-state index in [2.05, 4.69) is 4.90 Å². The van der Waals surface area contributed by atoms with Crippen LogP contribution in [-0.4, -0.2) is 29.6 Å². The quantitative estimate of drug-likeness (QED) is 0.917. The maximum absolute atomic E-state index is 14.1. The Hall–Kier alpha value is -0.640.